The maximum Gasteiger partial charge on any atom is 0.227 e. The number of aromatic nitrogens is 2. The highest BCUT2D eigenvalue weighted by atomic mass is 16.5. The van der Waals surface area contributed by atoms with Crippen LogP contribution in [0.2, 0.25) is 0 Å². The molecule has 0 aliphatic heterocycles. The molecule has 0 radical (unpaired) electrons. The van der Waals surface area contributed by atoms with Crippen molar-refractivity contribution in [2.45, 2.75) is 13.3 Å². The van der Waals surface area contributed by atoms with Crippen molar-refractivity contribution in [3.8, 4) is 17.4 Å². The quantitative estimate of drug-likeness (QED) is 0.895. The number of methoxy groups -OCH3 is 1. The summed E-state index contributed by atoms with van der Waals surface area (Å²) in [6.45, 7) is 1.98. The number of nitrogens with two attached hydrogens (primary N) is 1. The van der Waals surface area contributed by atoms with Crippen molar-refractivity contribution in [1.29, 1.82) is 0 Å². The Kier molecular flexibility index (Phi) is 3.62. The van der Waals surface area contributed by atoms with E-state index in [4.69, 9.17) is 15.2 Å². The van der Waals surface area contributed by atoms with Crippen LogP contribution in [-0.2, 0) is 6.42 Å². The third kappa shape index (κ3) is 2.34. The molecule has 0 atom stereocenters. The van der Waals surface area contributed by atoms with E-state index in [1.165, 1.54) is 6.33 Å². The van der Waals surface area contributed by atoms with Gasteiger partial charge in [0, 0.05) is 0 Å². The standard InChI is InChI=1S/C13H15N3O2/c1-3-9-12(14)15-8-16-13(9)18-11-7-5-4-6-10(11)17-2/h4-8H,3H2,1-2H3,(H2,14,15,16). The van der Waals surface area contributed by atoms with E-state index in [1.54, 1.807) is 7.11 Å². The Bertz CT molecular complexity index is 544. The number of rotatable bonds is 4. The van der Waals surface area contributed by atoms with Gasteiger partial charge in [-0.05, 0) is 18.6 Å². The first kappa shape index (κ1) is 12.2. The van der Waals surface area contributed by atoms with Crippen LogP contribution in [0.4, 0.5) is 5.82 Å². The van der Waals surface area contributed by atoms with Crippen LogP contribution in [0, 0.1) is 0 Å². The van der Waals surface area contributed by atoms with E-state index < -0.39 is 0 Å². The van der Waals surface area contributed by atoms with Gasteiger partial charge in [-0.25, -0.2) is 9.97 Å². The fourth-order valence-electron chi connectivity index (χ4n) is 1.64. The molecule has 0 amide bonds. The smallest absolute Gasteiger partial charge is 0.227 e. The second-order valence-electron chi connectivity index (χ2n) is 3.65. The Morgan fingerprint density at radius 3 is 2.56 bits per heavy atom. The average Bonchev–Trinajstić information content (AvgIpc) is 2.40. The van der Waals surface area contributed by atoms with Gasteiger partial charge in [0.2, 0.25) is 5.88 Å². The highest BCUT2D eigenvalue weighted by Gasteiger charge is 2.11. The second kappa shape index (κ2) is 5.35. The molecule has 0 fully saturated rings. The Morgan fingerprint density at radius 2 is 1.89 bits per heavy atom. The summed E-state index contributed by atoms with van der Waals surface area (Å²) in [4.78, 5) is 8.06. The number of nitrogens with zero attached hydrogens (tertiary/aromatic N) is 2. The van der Waals surface area contributed by atoms with Crippen LogP contribution in [0.5, 0.6) is 17.4 Å². The highest BCUT2D eigenvalue weighted by Crippen LogP contribution is 2.32. The van der Waals surface area contributed by atoms with Gasteiger partial charge in [-0.3, -0.25) is 0 Å². The number of hydrogen-bond donors (Lipinski definition) is 1. The minimum absolute atomic E-state index is 0.442. The number of anilines is 1. The van der Waals surface area contributed by atoms with Crippen LogP contribution < -0.4 is 15.2 Å². The minimum atomic E-state index is 0.442. The van der Waals surface area contributed by atoms with Gasteiger partial charge in [-0.1, -0.05) is 19.1 Å². The molecule has 0 aliphatic carbocycles. The van der Waals surface area contributed by atoms with Crippen LogP contribution in [0.15, 0.2) is 30.6 Å². The summed E-state index contributed by atoms with van der Waals surface area (Å²) in [6.07, 6.45) is 2.09. The van der Waals surface area contributed by atoms with Crippen LogP contribution >= 0.6 is 0 Å². The van der Waals surface area contributed by atoms with Crippen LogP contribution in [0.3, 0.4) is 0 Å². The van der Waals surface area contributed by atoms with Gasteiger partial charge in [0.15, 0.2) is 11.5 Å². The molecular weight excluding hydrogens is 230 g/mol. The lowest BCUT2D eigenvalue weighted by atomic mass is 10.2. The van der Waals surface area contributed by atoms with Crippen molar-refractivity contribution < 1.29 is 9.47 Å². The van der Waals surface area contributed by atoms with E-state index in [2.05, 4.69) is 9.97 Å². The van der Waals surface area contributed by atoms with Crippen molar-refractivity contribution in [3.05, 3.63) is 36.2 Å². The van der Waals surface area contributed by atoms with E-state index in [0.717, 1.165) is 5.56 Å². The SMILES string of the molecule is CCc1c(N)ncnc1Oc1ccccc1OC. The van der Waals surface area contributed by atoms with Gasteiger partial charge < -0.3 is 15.2 Å². The predicted octanol–water partition coefficient (Wildman–Crippen LogP) is 2.42. The third-order valence-electron chi connectivity index (χ3n) is 2.57. The topological polar surface area (TPSA) is 70.3 Å². The molecule has 1 aromatic heterocycles. The summed E-state index contributed by atoms with van der Waals surface area (Å²) in [7, 11) is 1.59. The Morgan fingerprint density at radius 1 is 1.17 bits per heavy atom. The molecule has 0 aliphatic rings. The average molecular weight is 245 g/mol. The number of benzene rings is 1. The molecular formula is C13H15N3O2. The summed E-state index contributed by atoms with van der Waals surface area (Å²) < 4.78 is 11.0. The summed E-state index contributed by atoms with van der Waals surface area (Å²) in [5.41, 5.74) is 6.59. The fourth-order valence-corrected chi connectivity index (χ4v) is 1.64. The first-order valence-electron chi connectivity index (χ1n) is 5.66. The lowest BCUT2D eigenvalue weighted by Gasteiger charge is -2.12. The fraction of sp³-hybridized carbons (Fsp3) is 0.231. The summed E-state index contributed by atoms with van der Waals surface area (Å²) in [5.74, 6) is 2.16. The summed E-state index contributed by atoms with van der Waals surface area (Å²) >= 11 is 0. The normalized spacial score (nSPS) is 10.1. The van der Waals surface area contributed by atoms with Crippen molar-refractivity contribution in [3.63, 3.8) is 0 Å². The molecule has 2 aromatic rings. The second-order valence-corrected chi connectivity index (χ2v) is 3.65. The predicted molar refractivity (Wildman–Crippen MR) is 68.9 cm³/mol. The Hall–Kier alpha value is -2.30. The molecule has 18 heavy (non-hydrogen) atoms. The molecule has 5 heteroatoms. The van der Waals surface area contributed by atoms with Gasteiger partial charge in [-0.15, -0.1) is 0 Å². The number of ether oxygens (including phenoxy) is 2. The van der Waals surface area contributed by atoms with Crippen LogP contribution in [-0.4, -0.2) is 17.1 Å². The molecule has 1 heterocycles. The number of hydrogen-bond acceptors (Lipinski definition) is 5. The molecule has 0 saturated carbocycles. The van der Waals surface area contributed by atoms with E-state index in [1.807, 2.05) is 31.2 Å². The zero-order valence-electron chi connectivity index (χ0n) is 10.4. The highest BCUT2D eigenvalue weighted by molar-refractivity contribution is 5.48. The maximum absolute atomic E-state index is 5.79. The molecule has 2 N–H and O–H groups in total. The van der Waals surface area contributed by atoms with Crippen molar-refractivity contribution in [1.82, 2.24) is 9.97 Å². The van der Waals surface area contributed by atoms with Crippen molar-refractivity contribution in [2.75, 3.05) is 12.8 Å². The van der Waals surface area contributed by atoms with Gasteiger partial charge >= 0.3 is 0 Å². The van der Waals surface area contributed by atoms with E-state index in [9.17, 15) is 0 Å². The summed E-state index contributed by atoms with van der Waals surface area (Å²) in [5, 5.41) is 0. The molecule has 94 valence electrons. The first-order chi connectivity index (χ1) is 8.76. The third-order valence-corrected chi connectivity index (χ3v) is 2.57. The minimum Gasteiger partial charge on any atom is -0.493 e. The number of para-hydroxylation sites is 2. The molecule has 5 nitrogen and oxygen atoms in total. The first-order valence-corrected chi connectivity index (χ1v) is 5.66. The Balaban J connectivity index is 2.37. The summed E-state index contributed by atoms with van der Waals surface area (Å²) in [6, 6.07) is 7.39. The van der Waals surface area contributed by atoms with Crippen LogP contribution in [0.1, 0.15) is 12.5 Å². The van der Waals surface area contributed by atoms with Gasteiger partial charge in [0.1, 0.15) is 12.1 Å². The molecule has 0 unspecified atom stereocenters. The molecule has 2 rings (SSSR count). The van der Waals surface area contributed by atoms with Crippen molar-refractivity contribution >= 4 is 5.82 Å². The molecule has 0 spiro atoms. The maximum atomic E-state index is 5.79. The zero-order valence-corrected chi connectivity index (χ0v) is 10.4. The van der Waals surface area contributed by atoms with E-state index in [-0.39, 0.29) is 0 Å². The Labute approximate surface area is 106 Å². The van der Waals surface area contributed by atoms with E-state index >= 15 is 0 Å². The van der Waals surface area contributed by atoms with Gasteiger partial charge in [0.25, 0.3) is 0 Å². The zero-order chi connectivity index (χ0) is 13.0. The molecule has 0 saturated heterocycles. The molecule has 1 aromatic carbocycles. The monoisotopic (exact) mass is 245 g/mol. The van der Waals surface area contributed by atoms with Crippen molar-refractivity contribution in [2.24, 2.45) is 0 Å². The van der Waals surface area contributed by atoms with Gasteiger partial charge in [0.05, 0.1) is 12.7 Å². The number of nitrogen functional groups attached to an aromatic ring is 1. The largest absolute Gasteiger partial charge is 0.493 e. The van der Waals surface area contributed by atoms with Gasteiger partial charge in [-0.2, -0.15) is 0 Å². The van der Waals surface area contributed by atoms with E-state index in [0.29, 0.717) is 29.6 Å². The van der Waals surface area contributed by atoms with Crippen LogP contribution in [0.25, 0.3) is 0 Å². The lowest BCUT2D eigenvalue weighted by Crippen LogP contribution is -2.02. The lowest BCUT2D eigenvalue weighted by molar-refractivity contribution is 0.372. The molecule has 0 bridgehead atoms.